The Balaban J connectivity index is 2.36. The zero-order valence-electron chi connectivity index (χ0n) is 12.3. The van der Waals surface area contributed by atoms with Crippen LogP contribution in [0.25, 0.3) is 0 Å². The van der Waals surface area contributed by atoms with Crippen LogP contribution >= 0.6 is 11.6 Å². The van der Waals surface area contributed by atoms with Gasteiger partial charge in [0.25, 0.3) is 0 Å². The highest BCUT2D eigenvalue weighted by atomic mass is 35.5. The molecule has 114 valence electrons. The zero-order valence-corrected chi connectivity index (χ0v) is 13.1. The summed E-state index contributed by atoms with van der Waals surface area (Å²) in [4.78, 5) is 0. The first-order valence-corrected chi connectivity index (χ1v) is 7.13. The van der Waals surface area contributed by atoms with E-state index >= 15 is 0 Å². The van der Waals surface area contributed by atoms with Crippen molar-refractivity contribution < 1.29 is 9.13 Å². The Bertz CT molecular complexity index is 607. The predicted octanol–water partition coefficient (Wildman–Crippen LogP) is 3.51. The highest BCUT2D eigenvalue weighted by molar-refractivity contribution is 6.31. The van der Waals surface area contributed by atoms with Gasteiger partial charge in [0, 0.05) is 16.6 Å². The first-order chi connectivity index (χ1) is 9.95. The zero-order chi connectivity index (χ0) is 15.6. The number of hydrogen-bond acceptors (Lipinski definition) is 3. The third-order valence-electron chi connectivity index (χ3n) is 3.34. The van der Waals surface area contributed by atoms with E-state index < -0.39 is 6.04 Å². The number of rotatable bonds is 5. The topological polar surface area (TPSA) is 53.1 Å². The van der Waals surface area contributed by atoms with E-state index in [1.807, 2.05) is 13.8 Å². The van der Waals surface area contributed by atoms with E-state index in [0.717, 1.165) is 5.69 Å². The van der Waals surface area contributed by atoms with Crippen LogP contribution in [-0.2, 0) is 6.42 Å². The van der Waals surface area contributed by atoms with E-state index in [9.17, 15) is 4.39 Å². The molecule has 0 fully saturated rings. The molecule has 0 amide bonds. The van der Waals surface area contributed by atoms with Crippen LogP contribution in [0.5, 0.6) is 5.75 Å². The van der Waals surface area contributed by atoms with Gasteiger partial charge in [0.05, 0.1) is 25.0 Å². The maximum absolute atomic E-state index is 13.9. The third-order valence-corrected chi connectivity index (χ3v) is 3.70. The Morgan fingerprint density at radius 3 is 2.71 bits per heavy atom. The average Bonchev–Trinajstić information content (AvgIpc) is 2.87. The Morgan fingerprint density at radius 1 is 1.43 bits per heavy atom. The smallest absolute Gasteiger partial charge is 0.161 e. The fourth-order valence-electron chi connectivity index (χ4n) is 2.32. The van der Waals surface area contributed by atoms with Crippen molar-refractivity contribution in [2.45, 2.75) is 32.4 Å². The average molecular weight is 312 g/mol. The van der Waals surface area contributed by atoms with E-state index in [1.54, 1.807) is 30.1 Å². The summed E-state index contributed by atoms with van der Waals surface area (Å²) in [7, 11) is 1.56. The molecule has 0 spiro atoms. The Hall–Kier alpha value is -1.59. The van der Waals surface area contributed by atoms with E-state index in [1.165, 1.54) is 6.07 Å². The van der Waals surface area contributed by atoms with Crippen molar-refractivity contribution in [3.63, 3.8) is 0 Å². The maximum Gasteiger partial charge on any atom is 0.161 e. The Labute approximate surface area is 128 Å². The van der Waals surface area contributed by atoms with E-state index in [-0.39, 0.29) is 18.3 Å². The van der Waals surface area contributed by atoms with Crippen LogP contribution in [0.3, 0.4) is 0 Å². The molecule has 4 nitrogen and oxygen atoms in total. The van der Waals surface area contributed by atoms with Crippen molar-refractivity contribution in [2.24, 2.45) is 5.73 Å². The van der Waals surface area contributed by atoms with E-state index in [4.69, 9.17) is 22.1 Å². The molecule has 0 saturated heterocycles. The van der Waals surface area contributed by atoms with Crippen LogP contribution in [0.15, 0.2) is 24.4 Å². The molecule has 1 aromatic heterocycles. The van der Waals surface area contributed by atoms with Gasteiger partial charge in [-0.1, -0.05) is 17.7 Å². The van der Waals surface area contributed by atoms with Crippen LogP contribution in [0, 0.1) is 5.82 Å². The van der Waals surface area contributed by atoms with Crippen molar-refractivity contribution in [1.82, 2.24) is 9.78 Å². The van der Waals surface area contributed by atoms with E-state index in [0.29, 0.717) is 16.3 Å². The SMILES string of the molecule is COc1cnn(C(C)C)c1C(N)Cc1c(F)cccc1Cl. The molecule has 0 bridgehead atoms. The molecule has 2 aromatic rings. The molecular formula is C15H19ClFN3O. The molecule has 2 N–H and O–H groups in total. The van der Waals surface area contributed by atoms with Crippen LogP contribution in [0.1, 0.15) is 37.2 Å². The van der Waals surface area contributed by atoms with Crippen molar-refractivity contribution in [3.8, 4) is 5.75 Å². The molecule has 1 heterocycles. The number of ether oxygens (including phenoxy) is 1. The number of nitrogens with zero attached hydrogens (tertiary/aromatic N) is 2. The minimum absolute atomic E-state index is 0.131. The van der Waals surface area contributed by atoms with Crippen LogP contribution in [0.4, 0.5) is 4.39 Å². The van der Waals surface area contributed by atoms with Gasteiger partial charge in [-0.25, -0.2) is 4.39 Å². The number of nitrogens with two attached hydrogens (primary N) is 1. The van der Waals surface area contributed by atoms with Crippen molar-refractivity contribution in [1.29, 1.82) is 0 Å². The van der Waals surface area contributed by atoms with Gasteiger partial charge in [0.1, 0.15) is 5.82 Å². The molecule has 21 heavy (non-hydrogen) atoms. The van der Waals surface area contributed by atoms with Crippen LogP contribution < -0.4 is 10.5 Å². The molecule has 0 saturated carbocycles. The second kappa shape index (κ2) is 6.45. The summed E-state index contributed by atoms with van der Waals surface area (Å²) in [5, 5.41) is 4.65. The van der Waals surface area contributed by atoms with Crippen molar-refractivity contribution in [2.75, 3.05) is 7.11 Å². The van der Waals surface area contributed by atoms with Gasteiger partial charge in [0.2, 0.25) is 0 Å². The lowest BCUT2D eigenvalue weighted by Crippen LogP contribution is -2.21. The number of methoxy groups -OCH3 is 1. The number of benzene rings is 1. The summed E-state index contributed by atoms with van der Waals surface area (Å²) in [6, 6.07) is 4.28. The molecule has 1 atom stereocenters. The summed E-state index contributed by atoms with van der Waals surface area (Å²) >= 11 is 6.06. The summed E-state index contributed by atoms with van der Waals surface area (Å²) in [5.74, 6) is 0.246. The van der Waals surface area contributed by atoms with Crippen LogP contribution in [-0.4, -0.2) is 16.9 Å². The molecule has 1 unspecified atom stereocenters. The highest BCUT2D eigenvalue weighted by Crippen LogP contribution is 2.30. The first kappa shape index (κ1) is 15.8. The van der Waals surface area contributed by atoms with Gasteiger partial charge in [-0.2, -0.15) is 5.10 Å². The van der Waals surface area contributed by atoms with Gasteiger partial charge in [-0.05, 0) is 32.4 Å². The third kappa shape index (κ3) is 3.19. The fraction of sp³-hybridized carbons (Fsp3) is 0.400. The molecule has 1 aromatic carbocycles. The fourth-order valence-corrected chi connectivity index (χ4v) is 2.56. The minimum Gasteiger partial charge on any atom is -0.493 e. The second-order valence-corrected chi connectivity index (χ2v) is 5.55. The molecule has 2 rings (SSSR count). The number of aromatic nitrogens is 2. The quantitative estimate of drug-likeness (QED) is 0.919. The normalized spacial score (nSPS) is 12.7. The lowest BCUT2D eigenvalue weighted by atomic mass is 10.0. The lowest BCUT2D eigenvalue weighted by molar-refractivity contribution is 0.395. The van der Waals surface area contributed by atoms with E-state index in [2.05, 4.69) is 5.10 Å². The number of hydrogen-bond donors (Lipinski definition) is 1. The number of halogens is 2. The molecule has 0 aliphatic rings. The second-order valence-electron chi connectivity index (χ2n) is 5.15. The minimum atomic E-state index is -0.459. The van der Waals surface area contributed by atoms with Gasteiger partial charge in [-0.15, -0.1) is 0 Å². The largest absolute Gasteiger partial charge is 0.493 e. The molecular weight excluding hydrogens is 293 g/mol. The van der Waals surface area contributed by atoms with Gasteiger partial charge in [0.15, 0.2) is 5.75 Å². The highest BCUT2D eigenvalue weighted by Gasteiger charge is 2.22. The lowest BCUT2D eigenvalue weighted by Gasteiger charge is -2.18. The maximum atomic E-state index is 13.9. The van der Waals surface area contributed by atoms with Crippen molar-refractivity contribution in [3.05, 3.63) is 46.5 Å². The van der Waals surface area contributed by atoms with Gasteiger partial charge >= 0.3 is 0 Å². The molecule has 0 aliphatic heterocycles. The van der Waals surface area contributed by atoms with Crippen LogP contribution in [0.2, 0.25) is 5.02 Å². The molecule has 6 heteroatoms. The summed E-state index contributed by atoms with van der Waals surface area (Å²) < 4.78 is 21.0. The Kier molecular flexibility index (Phi) is 4.85. The summed E-state index contributed by atoms with van der Waals surface area (Å²) in [6.45, 7) is 4.00. The summed E-state index contributed by atoms with van der Waals surface area (Å²) in [5.41, 5.74) is 7.41. The van der Waals surface area contributed by atoms with Crippen molar-refractivity contribution >= 4 is 11.6 Å². The van der Waals surface area contributed by atoms with Gasteiger partial charge < -0.3 is 10.5 Å². The molecule has 0 radical (unpaired) electrons. The monoisotopic (exact) mass is 311 g/mol. The predicted molar refractivity (Wildman–Crippen MR) is 81.2 cm³/mol. The Morgan fingerprint density at radius 2 is 2.14 bits per heavy atom. The van der Waals surface area contributed by atoms with Gasteiger partial charge in [-0.3, -0.25) is 4.68 Å². The standard InChI is InChI=1S/C15H19ClFN3O/c1-9(2)20-15(14(21-3)8-19-20)13(18)7-10-11(16)5-4-6-12(10)17/h4-6,8-9,13H,7,18H2,1-3H3. The first-order valence-electron chi connectivity index (χ1n) is 6.75. The summed E-state index contributed by atoms with van der Waals surface area (Å²) in [6.07, 6.45) is 1.90. The molecule has 0 aliphatic carbocycles.